The van der Waals surface area contributed by atoms with Crippen molar-refractivity contribution in [1.29, 1.82) is 5.26 Å². The zero-order chi connectivity index (χ0) is 35.3. The van der Waals surface area contributed by atoms with Gasteiger partial charge in [-0.2, -0.15) is 5.26 Å². The van der Waals surface area contributed by atoms with Gasteiger partial charge in [-0.3, -0.25) is 29.3 Å². The number of nitriles is 1. The van der Waals surface area contributed by atoms with Crippen LogP contribution in [0.2, 0.25) is 0 Å². The highest BCUT2D eigenvalue weighted by atomic mass is 19.3. The van der Waals surface area contributed by atoms with Gasteiger partial charge in [0.15, 0.2) is 0 Å². The van der Waals surface area contributed by atoms with E-state index < -0.39 is 48.9 Å². The molecule has 2 saturated heterocycles. The molecule has 3 aromatic rings. The Bertz CT molecular complexity index is 1760. The molecule has 5 rings (SSSR count). The zero-order valence-corrected chi connectivity index (χ0v) is 27.5. The van der Waals surface area contributed by atoms with Gasteiger partial charge < -0.3 is 25.2 Å². The summed E-state index contributed by atoms with van der Waals surface area (Å²) in [5, 5.41) is 15.0. The van der Waals surface area contributed by atoms with Gasteiger partial charge >= 0.3 is 6.09 Å². The fraction of sp³-hybridized carbons (Fsp3) is 0.441. The SMILES string of the molecule is CC(C)(C)OC(=O)N1CCN(CCNC(=O)c2ccc(-c3ccc4nccc(C(=O)NCC(=O)N5CC(F)(F)C[C@H]5C#N)c4c3)cn2)CC1. The molecule has 15 heteroatoms. The summed E-state index contributed by atoms with van der Waals surface area (Å²) < 4.78 is 33.0. The Morgan fingerprint density at radius 3 is 2.41 bits per heavy atom. The lowest BCUT2D eigenvalue weighted by molar-refractivity contribution is -0.131. The Hall–Kier alpha value is -5.23. The second-order valence-electron chi connectivity index (χ2n) is 13.0. The maximum atomic E-state index is 13.8. The van der Waals surface area contributed by atoms with Gasteiger partial charge in [-0.15, -0.1) is 0 Å². The number of carbonyl (C=O) groups excluding carboxylic acids is 4. The highest BCUT2D eigenvalue weighted by Gasteiger charge is 2.47. The van der Waals surface area contributed by atoms with Crippen molar-refractivity contribution in [2.24, 2.45) is 0 Å². The maximum absolute atomic E-state index is 13.8. The van der Waals surface area contributed by atoms with Crippen molar-refractivity contribution in [1.82, 2.24) is 35.3 Å². The smallest absolute Gasteiger partial charge is 0.410 e. The van der Waals surface area contributed by atoms with Crippen LogP contribution in [0, 0.1) is 11.3 Å². The minimum absolute atomic E-state index is 0.221. The number of amides is 4. The van der Waals surface area contributed by atoms with Crippen LogP contribution in [0.1, 0.15) is 48.0 Å². The summed E-state index contributed by atoms with van der Waals surface area (Å²) in [6.07, 6.45) is 1.94. The lowest BCUT2D eigenvalue weighted by atomic mass is 10.0. The van der Waals surface area contributed by atoms with Gasteiger partial charge in [0.2, 0.25) is 5.91 Å². The van der Waals surface area contributed by atoms with E-state index in [4.69, 9.17) is 10.00 Å². The Kier molecular flexibility index (Phi) is 10.4. The summed E-state index contributed by atoms with van der Waals surface area (Å²) in [4.78, 5) is 64.0. The van der Waals surface area contributed by atoms with E-state index >= 15 is 0 Å². The number of fused-ring (bicyclic) bond motifs is 1. The van der Waals surface area contributed by atoms with Crippen LogP contribution in [-0.2, 0) is 9.53 Å². The van der Waals surface area contributed by atoms with E-state index in [0.29, 0.717) is 61.3 Å². The molecule has 1 atom stereocenters. The van der Waals surface area contributed by atoms with Gasteiger partial charge in [-0.05, 0) is 50.6 Å². The number of hydrogen-bond donors (Lipinski definition) is 2. The minimum Gasteiger partial charge on any atom is -0.444 e. The third kappa shape index (κ3) is 8.82. The molecular formula is C34H38F2N8O5. The Morgan fingerprint density at radius 1 is 1.00 bits per heavy atom. The number of alkyl halides is 2. The van der Waals surface area contributed by atoms with Gasteiger partial charge in [-0.1, -0.05) is 12.1 Å². The number of piperazine rings is 1. The van der Waals surface area contributed by atoms with Crippen LogP contribution < -0.4 is 10.6 Å². The Balaban J connectivity index is 1.15. The van der Waals surface area contributed by atoms with Gasteiger partial charge in [0, 0.05) is 69.0 Å². The second kappa shape index (κ2) is 14.5. The van der Waals surface area contributed by atoms with Crippen LogP contribution in [0.3, 0.4) is 0 Å². The van der Waals surface area contributed by atoms with Crippen molar-refractivity contribution < 1.29 is 32.7 Å². The first kappa shape index (κ1) is 35.1. The van der Waals surface area contributed by atoms with Crippen LogP contribution in [0.4, 0.5) is 13.6 Å². The molecular weight excluding hydrogens is 638 g/mol. The number of aromatic nitrogens is 2. The van der Waals surface area contributed by atoms with E-state index in [2.05, 4.69) is 25.5 Å². The van der Waals surface area contributed by atoms with Gasteiger partial charge in [0.1, 0.15) is 17.3 Å². The quantitative estimate of drug-likeness (QED) is 0.366. The molecule has 0 radical (unpaired) electrons. The van der Waals surface area contributed by atoms with Crippen molar-refractivity contribution in [2.75, 3.05) is 52.4 Å². The van der Waals surface area contributed by atoms with E-state index in [-0.39, 0.29) is 23.3 Å². The lowest BCUT2D eigenvalue weighted by Gasteiger charge is -2.35. The number of hydrogen-bond acceptors (Lipinski definition) is 9. The number of likely N-dealkylation sites (tertiary alicyclic amines) is 1. The normalized spacial score (nSPS) is 17.8. The molecule has 2 fully saturated rings. The predicted molar refractivity (Wildman–Crippen MR) is 175 cm³/mol. The van der Waals surface area contributed by atoms with E-state index in [1.54, 1.807) is 47.5 Å². The van der Waals surface area contributed by atoms with Crippen LogP contribution in [-0.4, -0.2) is 118 Å². The molecule has 0 bridgehead atoms. The van der Waals surface area contributed by atoms with Crippen molar-refractivity contribution in [3.63, 3.8) is 0 Å². The van der Waals surface area contributed by atoms with Crippen LogP contribution in [0.15, 0.2) is 48.8 Å². The van der Waals surface area contributed by atoms with Crippen LogP contribution in [0.5, 0.6) is 0 Å². The predicted octanol–water partition coefficient (Wildman–Crippen LogP) is 3.07. The molecule has 0 unspecified atom stereocenters. The molecule has 2 aliphatic heterocycles. The van der Waals surface area contributed by atoms with Crippen molar-refractivity contribution in [3.05, 3.63) is 60.0 Å². The molecule has 0 saturated carbocycles. The zero-order valence-electron chi connectivity index (χ0n) is 27.5. The number of halogens is 2. The summed E-state index contributed by atoms with van der Waals surface area (Å²) in [7, 11) is 0. The van der Waals surface area contributed by atoms with Gasteiger partial charge in [0.25, 0.3) is 17.7 Å². The average Bonchev–Trinajstić information content (AvgIpc) is 3.40. The molecule has 1 aromatic carbocycles. The van der Waals surface area contributed by atoms with Gasteiger partial charge in [-0.25, -0.2) is 13.6 Å². The van der Waals surface area contributed by atoms with Crippen molar-refractivity contribution in [2.45, 2.75) is 44.8 Å². The fourth-order valence-corrected chi connectivity index (χ4v) is 5.67. The van der Waals surface area contributed by atoms with E-state index in [0.717, 1.165) is 4.90 Å². The lowest BCUT2D eigenvalue weighted by Crippen LogP contribution is -2.51. The summed E-state index contributed by atoms with van der Waals surface area (Å²) in [5.74, 6) is -4.86. The topological polar surface area (TPSA) is 161 Å². The molecule has 0 spiro atoms. The molecule has 258 valence electrons. The van der Waals surface area contributed by atoms with E-state index in [9.17, 15) is 28.0 Å². The number of nitrogens with zero attached hydrogens (tertiary/aromatic N) is 6. The molecule has 2 aromatic heterocycles. The molecule has 13 nitrogen and oxygen atoms in total. The largest absolute Gasteiger partial charge is 0.444 e. The summed E-state index contributed by atoms with van der Waals surface area (Å²) in [6, 6.07) is 10.6. The minimum atomic E-state index is -3.15. The van der Waals surface area contributed by atoms with E-state index in [1.807, 2.05) is 20.8 Å². The maximum Gasteiger partial charge on any atom is 0.410 e. The molecule has 4 amide bonds. The van der Waals surface area contributed by atoms with E-state index in [1.165, 1.54) is 12.3 Å². The number of carbonyl (C=O) groups is 4. The second-order valence-corrected chi connectivity index (χ2v) is 13.0. The molecule has 2 N–H and O–H groups in total. The first-order valence-corrected chi connectivity index (χ1v) is 15.9. The third-order valence-electron chi connectivity index (χ3n) is 8.19. The summed E-state index contributed by atoms with van der Waals surface area (Å²) in [5.41, 5.74) is 1.81. The molecule has 49 heavy (non-hydrogen) atoms. The Labute approximate surface area is 282 Å². The standard InChI is InChI=1S/C34H38F2N8O5/c1-33(2,3)49-32(48)43-14-12-42(13-15-43)11-10-39-31(47)28-7-5-23(19-40-28)22-4-6-27-26(16-22)25(8-9-38-27)30(46)41-20-29(45)44-21-34(35,36)17-24(44)18-37/h4-9,16,19,24H,10-15,17,20-21H2,1-3H3,(H,39,47)(H,41,46)/t24-/m0/s1. The van der Waals surface area contributed by atoms with Crippen LogP contribution in [0.25, 0.3) is 22.0 Å². The number of benzene rings is 1. The van der Waals surface area contributed by atoms with Gasteiger partial charge in [0.05, 0.1) is 30.2 Å². The highest BCUT2D eigenvalue weighted by Crippen LogP contribution is 2.31. The highest BCUT2D eigenvalue weighted by molar-refractivity contribution is 6.07. The van der Waals surface area contributed by atoms with Crippen molar-refractivity contribution >= 4 is 34.7 Å². The first-order valence-electron chi connectivity index (χ1n) is 15.9. The fourth-order valence-electron chi connectivity index (χ4n) is 5.67. The number of nitrogens with one attached hydrogen (secondary N) is 2. The van der Waals surface area contributed by atoms with Crippen molar-refractivity contribution in [3.8, 4) is 17.2 Å². The number of rotatable bonds is 8. The first-order chi connectivity index (χ1) is 23.2. The molecule has 4 heterocycles. The molecule has 2 aliphatic rings. The number of pyridine rings is 2. The third-order valence-corrected chi connectivity index (χ3v) is 8.19. The molecule has 0 aliphatic carbocycles. The Morgan fingerprint density at radius 2 is 1.73 bits per heavy atom. The summed E-state index contributed by atoms with van der Waals surface area (Å²) in [6.45, 7) is 7.57. The monoisotopic (exact) mass is 676 g/mol. The average molecular weight is 677 g/mol. The van der Waals surface area contributed by atoms with Crippen LogP contribution >= 0.6 is 0 Å². The number of ether oxygens (including phenoxy) is 1. The summed E-state index contributed by atoms with van der Waals surface area (Å²) >= 11 is 0.